The van der Waals surface area contributed by atoms with Gasteiger partial charge in [-0.2, -0.15) is 0 Å². The molecule has 0 radical (unpaired) electrons. The average Bonchev–Trinajstić information content (AvgIpc) is 3.11. The fourth-order valence-electron chi connectivity index (χ4n) is 4.00. The van der Waals surface area contributed by atoms with Gasteiger partial charge in [0.2, 0.25) is 11.1 Å². The molecule has 4 aromatic rings. The van der Waals surface area contributed by atoms with E-state index < -0.39 is 0 Å². The van der Waals surface area contributed by atoms with Crippen molar-refractivity contribution in [3.05, 3.63) is 59.7 Å². The number of para-hydroxylation sites is 1. The largest absolute Gasteiger partial charge is 0.343 e. The van der Waals surface area contributed by atoms with E-state index >= 15 is 0 Å². The van der Waals surface area contributed by atoms with Crippen molar-refractivity contribution in [3.8, 4) is 0 Å². The lowest BCUT2D eigenvalue weighted by Crippen LogP contribution is -2.31. The SMILES string of the molecule is CCN(CC)C(=O)CSc1nnc2c3ccccc3n(Cc3ccc(C(C)(C)C)cc3)c2n1. The predicted molar refractivity (Wildman–Crippen MR) is 136 cm³/mol. The number of fused-ring (bicyclic) bond motifs is 3. The Morgan fingerprint density at radius 1 is 1.00 bits per heavy atom. The van der Waals surface area contributed by atoms with Gasteiger partial charge in [-0.15, -0.1) is 10.2 Å². The van der Waals surface area contributed by atoms with Crippen molar-refractivity contribution in [2.75, 3.05) is 18.8 Å². The third-order valence-electron chi connectivity index (χ3n) is 5.96. The first-order chi connectivity index (χ1) is 15.8. The highest BCUT2D eigenvalue weighted by atomic mass is 32.2. The molecule has 2 aromatic carbocycles. The third kappa shape index (κ3) is 4.88. The molecular formula is C26H31N5OS. The Hall–Kier alpha value is -2.93. The van der Waals surface area contributed by atoms with Crippen LogP contribution in [-0.4, -0.2) is 49.4 Å². The van der Waals surface area contributed by atoms with Crippen LogP contribution in [-0.2, 0) is 16.8 Å². The summed E-state index contributed by atoms with van der Waals surface area (Å²) < 4.78 is 2.20. The van der Waals surface area contributed by atoms with Gasteiger partial charge in [-0.05, 0) is 36.5 Å². The molecule has 2 aromatic heterocycles. The van der Waals surface area contributed by atoms with Gasteiger partial charge in [-0.1, -0.05) is 75.0 Å². The zero-order valence-electron chi connectivity index (χ0n) is 20.0. The minimum absolute atomic E-state index is 0.0909. The molecule has 0 saturated carbocycles. The van der Waals surface area contributed by atoms with E-state index in [1.165, 1.54) is 22.9 Å². The van der Waals surface area contributed by atoms with E-state index in [1.807, 2.05) is 30.9 Å². The molecule has 0 unspecified atom stereocenters. The van der Waals surface area contributed by atoms with Crippen LogP contribution in [0.2, 0.25) is 0 Å². The molecule has 0 aliphatic rings. The Morgan fingerprint density at radius 2 is 1.70 bits per heavy atom. The van der Waals surface area contributed by atoms with Crippen LogP contribution in [0.25, 0.3) is 22.1 Å². The highest BCUT2D eigenvalue weighted by Gasteiger charge is 2.18. The fourth-order valence-corrected chi connectivity index (χ4v) is 4.68. The van der Waals surface area contributed by atoms with E-state index in [0.29, 0.717) is 30.5 Å². The van der Waals surface area contributed by atoms with Crippen molar-refractivity contribution >= 4 is 39.7 Å². The molecule has 0 spiro atoms. The number of hydrogen-bond acceptors (Lipinski definition) is 5. The first kappa shape index (κ1) is 23.2. The van der Waals surface area contributed by atoms with E-state index in [0.717, 1.165) is 22.1 Å². The van der Waals surface area contributed by atoms with Crippen LogP contribution in [0.1, 0.15) is 45.7 Å². The zero-order chi connectivity index (χ0) is 23.6. The number of rotatable bonds is 7. The highest BCUT2D eigenvalue weighted by molar-refractivity contribution is 7.99. The van der Waals surface area contributed by atoms with Gasteiger partial charge in [0.15, 0.2) is 5.65 Å². The van der Waals surface area contributed by atoms with Crippen molar-refractivity contribution in [1.82, 2.24) is 24.6 Å². The van der Waals surface area contributed by atoms with Gasteiger partial charge in [0.25, 0.3) is 0 Å². The molecule has 0 bridgehead atoms. The summed E-state index contributed by atoms with van der Waals surface area (Å²) in [5.74, 6) is 0.400. The van der Waals surface area contributed by atoms with Gasteiger partial charge >= 0.3 is 0 Å². The molecular weight excluding hydrogens is 430 g/mol. The maximum absolute atomic E-state index is 12.4. The molecule has 0 N–H and O–H groups in total. The van der Waals surface area contributed by atoms with Crippen molar-refractivity contribution in [3.63, 3.8) is 0 Å². The minimum atomic E-state index is 0.0909. The third-order valence-corrected chi connectivity index (χ3v) is 6.78. The van der Waals surface area contributed by atoms with E-state index in [2.05, 4.69) is 71.9 Å². The second-order valence-electron chi connectivity index (χ2n) is 9.17. The number of benzene rings is 2. The molecule has 4 rings (SSSR count). The standard InChI is InChI=1S/C26H31N5OS/c1-6-30(7-2)22(32)17-33-25-27-24-23(28-29-25)20-10-8-9-11-21(20)31(24)16-18-12-14-19(15-13-18)26(3,4)5/h8-15H,6-7,16-17H2,1-5H3. The number of hydrogen-bond donors (Lipinski definition) is 0. The molecule has 2 heterocycles. The van der Waals surface area contributed by atoms with E-state index in [9.17, 15) is 4.79 Å². The lowest BCUT2D eigenvalue weighted by molar-refractivity contribution is -0.127. The van der Waals surface area contributed by atoms with Crippen LogP contribution in [0.3, 0.4) is 0 Å². The van der Waals surface area contributed by atoms with E-state index in [-0.39, 0.29) is 11.3 Å². The summed E-state index contributed by atoms with van der Waals surface area (Å²) in [6, 6.07) is 17.0. The second-order valence-corrected chi connectivity index (χ2v) is 10.1. The van der Waals surface area contributed by atoms with Crippen molar-refractivity contribution in [1.29, 1.82) is 0 Å². The Balaban J connectivity index is 1.68. The number of carbonyl (C=O) groups is 1. The molecule has 0 fully saturated rings. The molecule has 0 saturated heterocycles. The molecule has 7 heteroatoms. The smallest absolute Gasteiger partial charge is 0.233 e. The maximum Gasteiger partial charge on any atom is 0.233 e. The Kier molecular flexibility index (Phi) is 6.70. The summed E-state index contributed by atoms with van der Waals surface area (Å²) in [5, 5.41) is 10.4. The van der Waals surface area contributed by atoms with Crippen LogP contribution in [0, 0.1) is 0 Å². The Morgan fingerprint density at radius 3 is 2.36 bits per heavy atom. The van der Waals surface area contributed by atoms with Gasteiger partial charge in [-0.3, -0.25) is 4.79 Å². The predicted octanol–water partition coefficient (Wildman–Crippen LogP) is 5.29. The van der Waals surface area contributed by atoms with Crippen molar-refractivity contribution in [2.45, 2.75) is 51.7 Å². The van der Waals surface area contributed by atoms with Crippen LogP contribution in [0.5, 0.6) is 0 Å². The summed E-state index contributed by atoms with van der Waals surface area (Å²) >= 11 is 1.34. The summed E-state index contributed by atoms with van der Waals surface area (Å²) in [7, 11) is 0. The fraction of sp³-hybridized carbons (Fsp3) is 0.385. The summed E-state index contributed by atoms with van der Waals surface area (Å²) in [4.78, 5) is 19.1. The van der Waals surface area contributed by atoms with E-state index in [1.54, 1.807) is 0 Å². The molecule has 33 heavy (non-hydrogen) atoms. The van der Waals surface area contributed by atoms with Crippen LogP contribution in [0.4, 0.5) is 0 Å². The second kappa shape index (κ2) is 9.51. The number of nitrogens with zero attached hydrogens (tertiary/aromatic N) is 5. The molecule has 6 nitrogen and oxygen atoms in total. The lowest BCUT2D eigenvalue weighted by Gasteiger charge is -2.19. The normalized spacial score (nSPS) is 11.9. The van der Waals surface area contributed by atoms with E-state index in [4.69, 9.17) is 4.98 Å². The molecule has 0 aliphatic heterocycles. The molecule has 0 aliphatic carbocycles. The van der Waals surface area contributed by atoms with Crippen molar-refractivity contribution in [2.24, 2.45) is 0 Å². The minimum Gasteiger partial charge on any atom is -0.343 e. The first-order valence-electron chi connectivity index (χ1n) is 11.4. The number of amides is 1. The Labute approximate surface area is 199 Å². The van der Waals surface area contributed by atoms with Gasteiger partial charge in [0.1, 0.15) is 5.52 Å². The van der Waals surface area contributed by atoms with Crippen molar-refractivity contribution < 1.29 is 4.79 Å². The maximum atomic E-state index is 12.4. The van der Waals surface area contributed by atoms with Crippen LogP contribution < -0.4 is 0 Å². The monoisotopic (exact) mass is 461 g/mol. The quantitative estimate of drug-likeness (QED) is 0.350. The highest BCUT2D eigenvalue weighted by Crippen LogP contribution is 2.29. The van der Waals surface area contributed by atoms with Gasteiger partial charge in [0.05, 0.1) is 11.3 Å². The molecule has 172 valence electrons. The summed E-state index contributed by atoms with van der Waals surface area (Å²) in [6.45, 7) is 12.7. The molecule has 0 atom stereocenters. The first-order valence-corrected chi connectivity index (χ1v) is 12.4. The van der Waals surface area contributed by atoms with Crippen LogP contribution >= 0.6 is 11.8 Å². The lowest BCUT2D eigenvalue weighted by atomic mass is 9.87. The zero-order valence-corrected chi connectivity index (χ0v) is 20.8. The topological polar surface area (TPSA) is 63.9 Å². The summed E-state index contributed by atoms with van der Waals surface area (Å²) in [6.07, 6.45) is 0. The van der Waals surface area contributed by atoms with Gasteiger partial charge in [-0.25, -0.2) is 4.98 Å². The number of carbonyl (C=O) groups excluding carboxylic acids is 1. The Bertz CT molecular complexity index is 1270. The summed E-state index contributed by atoms with van der Waals surface area (Å²) in [5.41, 5.74) is 5.30. The van der Waals surface area contributed by atoms with Gasteiger partial charge in [0, 0.05) is 25.0 Å². The van der Waals surface area contributed by atoms with Crippen LogP contribution in [0.15, 0.2) is 53.7 Å². The molecule has 1 amide bonds. The average molecular weight is 462 g/mol. The number of thioether (sulfide) groups is 1. The number of aromatic nitrogens is 4. The van der Waals surface area contributed by atoms with Gasteiger partial charge < -0.3 is 9.47 Å².